The van der Waals surface area contributed by atoms with Crippen molar-refractivity contribution in [2.45, 2.75) is 6.04 Å². The maximum Gasteiger partial charge on any atom is 0.0656 e. The molecular formula is C8H11ClN2O. The molecular weight excluding hydrogens is 176 g/mol. The van der Waals surface area contributed by atoms with Crippen LogP contribution in [0.2, 0.25) is 5.02 Å². The van der Waals surface area contributed by atoms with Crippen molar-refractivity contribution in [3.8, 4) is 0 Å². The molecule has 66 valence electrons. The fourth-order valence-electron chi connectivity index (χ4n) is 0.907. The van der Waals surface area contributed by atoms with E-state index in [2.05, 4.69) is 4.98 Å². The lowest BCUT2D eigenvalue weighted by Crippen LogP contribution is -2.16. The summed E-state index contributed by atoms with van der Waals surface area (Å²) >= 11 is 5.73. The molecule has 0 aromatic carbocycles. The number of methoxy groups -OCH3 is 1. The molecule has 1 rings (SSSR count). The van der Waals surface area contributed by atoms with E-state index in [-0.39, 0.29) is 6.04 Å². The quantitative estimate of drug-likeness (QED) is 0.776. The number of ether oxygens (including phenoxy) is 1. The Morgan fingerprint density at radius 2 is 2.42 bits per heavy atom. The number of pyridine rings is 1. The number of rotatable bonds is 3. The summed E-state index contributed by atoms with van der Waals surface area (Å²) in [6.45, 7) is 0.474. The van der Waals surface area contributed by atoms with E-state index >= 15 is 0 Å². The zero-order valence-electron chi connectivity index (χ0n) is 6.83. The Labute approximate surface area is 76.5 Å². The number of aromatic nitrogens is 1. The smallest absolute Gasteiger partial charge is 0.0656 e. The molecule has 0 bridgehead atoms. The fraction of sp³-hybridized carbons (Fsp3) is 0.375. The number of hydrogen-bond donors (Lipinski definition) is 1. The summed E-state index contributed by atoms with van der Waals surface area (Å²) in [7, 11) is 1.61. The van der Waals surface area contributed by atoms with E-state index in [4.69, 9.17) is 22.1 Å². The summed E-state index contributed by atoms with van der Waals surface area (Å²) in [6.07, 6.45) is 3.26. The van der Waals surface area contributed by atoms with Crippen LogP contribution in [0.5, 0.6) is 0 Å². The maximum absolute atomic E-state index is 5.75. The van der Waals surface area contributed by atoms with Crippen LogP contribution in [0.25, 0.3) is 0 Å². The number of hydrogen-bond acceptors (Lipinski definition) is 3. The zero-order chi connectivity index (χ0) is 8.97. The Balaban J connectivity index is 2.73. The molecule has 1 aromatic rings. The van der Waals surface area contributed by atoms with Gasteiger partial charge < -0.3 is 10.5 Å². The van der Waals surface area contributed by atoms with Crippen LogP contribution >= 0.6 is 11.6 Å². The molecule has 1 heterocycles. The lowest BCUT2D eigenvalue weighted by molar-refractivity contribution is 0.181. The molecule has 4 heteroatoms. The first kappa shape index (κ1) is 9.45. The van der Waals surface area contributed by atoms with E-state index in [1.165, 1.54) is 0 Å². The largest absolute Gasteiger partial charge is 0.383 e. The molecule has 0 unspecified atom stereocenters. The van der Waals surface area contributed by atoms with Gasteiger partial charge in [0.25, 0.3) is 0 Å². The van der Waals surface area contributed by atoms with E-state index < -0.39 is 0 Å². The minimum atomic E-state index is -0.152. The van der Waals surface area contributed by atoms with Gasteiger partial charge >= 0.3 is 0 Å². The molecule has 1 aromatic heterocycles. The third kappa shape index (κ3) is 2.44. The van der Waals surface area contributed by atoms with Gasteiger partial charge in [-0.05, 0) is 11.6 Å². The Bertz CT molecular complexity index is 255. The fourth-order valence-corrected chi connectivity index (χ4v) is 1.09. The van der Waals surface area contributed by atoms with Gasteiger partial charge in [-0.1, -0.05) is 11.6 Å². The number of nitrogens with zero attached hydrogens (tertiary/aromatic N) is 1. The van der Waals surface area contributed by atoms with Crippen LogP contribution in [0, 0.1) is 0 Å². The molecule has 2 N–H and O–H groups in total. The molecule has 12 heavy (non-hydrogen) atoms. The van der Waals surface area contributed by atoms with Crippen molar-refractivity contribution in [2.75, 3.05) is 13.7 Å². The average Bonchev–Trinajstić information content (AvgIpc) is 2.05. The van der Waals surface area contributed by atoms with Gasteiger partial charge in [0, 0.05) is 19.5 Å². The Hall–Kier alpha value is -0.640. The third-order valence-corrected chi connectivity index (χ3v) is 1.71. The summed E-state index contributed by atoms with van der Waals surface area (Å²) in [4.78, 5) is 3.92. The first-order chi connectivity index (χ1) is 5.74. The van der Waals surface area contributed by atoms with Gasteiger partial charge in [0.05, 0.1) is 17.7 Å². The first-order valence-corrected chi connectivity index (χ1v) is 3.97. The van der Waals surface area contributed by atoms with Gasteiger partial charge in [-0.2, -0.15) is 0 Å². The summed E-state index contributed by atoms with van der Waals surface area (Å²) in [5.41, 5.74) is 6.64. The lowest BCUT2D eigenvalue weighted by atomic mass is 10.1. The zero-order valence-corrected chi connectivity index (χ0v) is 7.58. The molecule has 0 aliphatic heterocycles. The van der Waals surface area contributed by atoms with E-state index in [9.17, 15) is 0 Å². The molecule has 3 nitrogen and oxygen atoms in total. The summed E-state index contributed by atoms with van der Waals surface area (Å²) in [5.74, 6) is 0. The normalized spacial score (nSPS) is 12.9. The highest BCUT2D eigenvalue weighted by Crippen LogP contribution is 2.14. The van der Waals surface area contributed by atoms with Crippen molar-refractivity contribution in [3.63, 3.8) is 0 Å². The Morgan fingerprint density at radius 3 is 3.00 bits per heavy atom. The highest BCUT2D eigenvalue weighted by Gasteiger charge is 2.05. The number of halogens is 1. The Kier molecular flexibility index (Phi) is 3.47. The average molecular weight is 187 g/mol. The topological polar surface area (TPSA) is 48.1 Å². The highest BCUT2D eigenvalue weighted by molar-refractivity contribution is 6.30. The predicted octanol–water partition coefficient (Wildman–Crippen LogP) is 1.38. The third-order valence-electron chi connectivity index (χ3n) is 1.50. The van der Waals surface area contributed by atoms with Gasteiger partial charge in [-0.3, -0.25) is 4.98 Å². The summed E-state index contributed by atoms with van der Waals surface area (Å²) < 4.78 is 4.90. The predicted molar refractivity (Wildman–Crippen MR) is 48.1 cm³/mol. The van der Waals surface area contributed by atoms with Gasteiger partial charge in [0.15, 0.2) is 0 Å². The van der Waals surface area contributed by atoms with E-state index in [0.29, 0.717) is 11.6 Å². The summed E-state index contributed by atoms with van der Waals surface area (Å²) in [5, 5.41) is 0.596. The van der Waals surface area contributed by atoms with Crippen molar-refractivity contribution in [3.05, 3.63) is 29.0 Å². The monoisotopic (exact) mass is 186 g/mol. The van der Waals surface area contributed by atoms with Crippen molar-refractivity contribution in [1.29, 1.82) is 0 Å². The molecule has 0 saturated carbocycles. The van der Waals surface area contributed by atoms with Crippen LogP contribution in [0.4, 0.5) is 0 Å². The molecule has 0 amide bonds. The second-order valence-electron chi connectivity index (χ2n) is 2.50. The van der Waals surface area contributed by atoms with Crippen LogP contribution in [-0.2, 0) is 4.74 Å². The molecule has 0 saturated heterocycles. The first-order valence-electron chi connectivity index (χ1n) is 3.59. The van der Waals surface area contributed by atoms with Gasteiger partial charge in [0.2, 0.25) is 0 Å². The van der Waals surface area contributed by atoms with Gasteiger partial charge in [-0.15, -0.1) is 0 Å². The standard InChI is InChI=1S/C8H11ClN2O/c1-12-5-8(10)6-2-7(9)4-11-3-6/h2-4,8H,5,10H2,1H3/t8-/m0/s1. The van der Waals surface area contributed by atoms with E-state index in [0.717, 1.165) is 5.56 Å². The van der Waals surface area contributed by atoms with Crippen LogP contribution < -0.4 is 5.73 Å². The van der Waals surface area contributed by atoms with Crippen LogP contribution in [0.3, 0.4) is 0 Å². The number of nitrogens with two attached hydrogens (primary N) is 1. The SMILES string of the molecule is COC[C@H](N)c1cncc(Cl)c1. The van der Waals surface area contributed by atoms with E-state index in [1.54, 1.807) is 25.6 Å². The molecule has 0 radical (unpaired) electrons. The van der Waals surface area contributed by atoms with Crippen molar-refractivity contribution >= 4 is 11.6 Å². The minimum Gasteiger partial charge on any atom is -0.383 e. The highest BCUT2D eigenvalue weighted by atomic mass is 35.5. The summed E-state index contributed by atoms with van der Waals surface area (Å²) in [6, 6.07) is 1.64. The van der Waals surface area contributed by atoms with Crippen LogP contribution in [0.15, 0.2) is 18.5 Å². The molecule has 0 spiro atoms. The minimum absolute atomic E-state index is 0.152. The van der Waals surface area contributed by atoms with Gasteiger partial charge in [-0.25, -0.2) is 0 Å². The Morgan fingerprint density at radius 1 is 1.67 bits per heavy atom. The molecule has 0 fully saturated rings. The maximum atomic E-state index is 5.75. The van der Waals surface area contributed by atoms with Crippen molar-refractivity contribution in [2.24, 2.45) is 5.73 Å². The molecule has 0 aliphatic rings. The van der Waals surface area contributed by atoms with Crippen LogP contribution in [0.1, 0.15) is 11.6 Å². The second kappa shape index (κ2) is 4.40. The lowest BCUT2D eigenvalue weighted by Gasteiger charge is -2.09. The van der Waals surface area contributed by atoms with Gasteiger partial charge in [0.1, 0.15) is 0 Å². The second-order valence-corrected chi connectivity index (χ2v) is 2.93. The van der Waals surface area contributed by atoms with Crippen molar-refractivity contribution < 1.29 is 4.74 Å². The molecule has 1 atom stereocenters. The molecule has 0 aliphatic carbocycles. The van der Waals surface area contributed by atoms with Crippen LogP contribution in [-0.4, -0.2) is 18.7 Å². The van der Waals surface area contributed by atoms with E-state index in [1.807, 2.05) is 0 Å². The van der Waals surface area contributed by atoms with Crippen molar-refractivity contribution in [1.82, 2.24) is 4.98 Å².